The van der Waals surface area contributed by atoms with Crippen molar-refractivity contribution in [3.63, 3.8) is 0 Å². The summed E-state index contributed by atoms with van der Waals surface area (Å²) < 4.78 is 5.07. The summed E-state index contributed by atoms with van der Waals surface area (Å²) in [5, 5.41) is 8.27. The van der Waals surface area contributed by atoms with Gasteiger partial charge in [0.25, 0.3) is 0 Å². The van der Waals surface area contributed by atoms with E-state index in [2.05, 4.69) is 6.92 Å². The molecule has 0 heterocycles. The molecule has 0 radical (unpaired) electrons. The zero-order valence-electron chi connectivity index (χ0n) is 7.41. The summed E-state index contributed by atoms with van der Waals surface area (Å²) in [4.78, 5) is 10.0. The molecule has 3 nitrogen and oxygen atoms in total. The maximum atomic E-state index is 10.0. The summed E-state index contributed by atoms with van der Waals surface area (Å²) in [7, 11) is 0. The smallest absolute Gasteiger partial charge is 0.305 e. The van der Waals surface area contributed by atoms with E-state index in [1.54, 1.807) is 11.8 Å². The number of carboxylic acids is 1. The van der Waals surface area contributed by atoms with Crippen LogP contribution < -0.4 is 0 Å². The van der Waals surface area contributed by atoms with Gasteiger partial charge in [-0.3, -0.25) is 4.79 Å². The second-order valence-corrected chi connectivity index (χ2v) is 3.48. The third-order valence-electron chi connectivity index (χ3n) is 1.27. The zero-order valence-corrected chi connectivity index (χ0v) is 8.23. The highest BCUT2D eigenvalue weighted by Gasteiger charge is 1.95. The molecule has 4 heteroatoms. The first-order chi connectivity index (χ1) is 5.77. The monoisotopic (exact) mass is 192 g/mol. The van der Waals surface area contributed by atoms with Gasteiger partial charge in [0.2, 0.25) is 0 Å². The molecule has 0 aliphatic rings. The van der Waals surface area contributed by atoms with Crippen LogP contribution in [0.1, 0.15) is 26.2 Å². The lowest BCUT2D eigenvalue weighted by Crippen LogP contribution is -2.02. The first-order valence-corrected chi connectivity index (χ1v) is 5.30. The molecule has 1 N–H and O–H groups in total. The normalized spacial score (nSPS) is 10.1. The second kappa shape index (κ2) is 8.87. The van der Waals surface area contributed by atoms with Gasteiger partial charge >= 0.3 is 5.97 Å². The molecule has 72 valence electrons. The Bertz CT molecular complexity index is 117. The highest BCUT2D eigenvalue weighted by molar-refractivity contribution is 7.99. The number of ether oxygens (including phenoxy) is 1. The van der Waals surface area contributed by atoms with Crippen LogP contribution in [0.15, 0.2) is 0 Å². The van der Waals surface area contributed by atoms with Gasteiger partial charge in [-0.1, -0.05) is 13.3 Å². The van der Waals surface area contributed by atoms with Crippen LogP contribution in [0.2, 0.25) is 0 Å². The van der Waals surface area contributed by atoms with Crippen molar-refractivity contribution >= 4 is 17.7 Å². The van der Waals surface area contributed by atoms with Gasteiger partial charge < -0.3 is 9.84 Å². The summed E-state index contributed by atoms with van der Waals surface area (Å²) >= 11 is 1.71. The van der Waals surface area contributed by atoms with Crippen molar-refractivity contribution in [3.05, 3.63) is 0 Å². The van der Waals surface area contributed by atoms with Gasteiger partial charge in [-0.2, -0.15) is 0 Å². The Kier molecular flexibility index (Phi) is 8.71. The van der Waals surface area contributed by atoms with E-state index in [4.69, 9.17) is 9.84 Å². The minimum Gasteiger partial charge on any atom is -0.481 e. The molecule has 0 rings (SSSR count). The lowest BCUT2D eigenvalue weighted by atomic mass is 10.4. The fraction of sp³-hybridized carbons (Fsp3) is 0.875. The molecule has 0 aromatic heterocycles. The van der Waals surface area contributed by atoms with E-state index in [-0.39, 0.29) is 6.42 Å². The van der Waals surface area contributed by atoms with E-state index < -0.39 is 5.97 Å². The minimum absolute atomic E-state index is 0.105. The third-order valence-corrected chi connectivity index (χ3v) is 2.18. The van der Waals surface area contributed by atoms with E-state index in [9.17, 15) is 4.79 Å². The lowest BCUT2D eigenvalue weighted by molar-refractivity contribution is -0.138. The molecule has 0 aromatic rings. The fourth-order valence-electron chi connectivity index (χ4n) is 0.583. The Morgan fingerprint density at radius 3 is 2.92 bits per heavy atom. The average Bonchev–Trinajstić information content (AvgIpc) is 2.02. The Hall–Kier alpha value is -0.220. The minimum atomic E-state index is -0.798. The molecule has 0 fully saturated rings. The molecule has 12 heavy (non-hydrogen) atoms. The molecule has 0 saturated heterocycles. The quantitative estimate of drug-likeness (QED) is 0.472. The number of hydrogen-bond donors (Lipinski definition) is 1. The molecular weight excluding hydrogens is 176 g/mol. The van der Waals surface area contributed by atoms with Gasteiger partial charge in [0.1, 0.15) is 0 Å². The van der Waals surface area contributed by atoms with Gasteiger partial charge in [-0.25, -0.2) is 0 Å². The van der Waals surface area contributed by atoms with E-state index in [1.807, 2.05) is 0 Å². The van der Waals surface area contributed by atoms with E-state index >= 15 is 0 Å². The van der Waals surface area contributed by atoms with Gasteiger partial charge in [0, 0.05) is 0 Å². The van der Waals surface area contributed by atoms with Crippen molar-refractivity contribution in [1.82, 2.24) is 0 Å². The second-order valence-electron chi connectivity index (χ2n) is 2.43. The van der Waals surface area contributed by atoms with Gasteiger partial charge in [0.05, 0.1) is 19.0 Å². The number of rotatable bonds is 8. The molecule has 0 amide bonds. The number of unbranched alkanes of at least 4 members (excludes halogenated alkanes) is 1. The topological polar surface area (TPSA) is 46.5 Å². The first kappa shape index (κ1) is 11.8. The lowest BCUT2D eigenvalue weighted by Gasteiger charge is -2.00. The largest absolute Gasteiger partial charge is 0.481 e. The fourth-order valence-corrected chi connectivity index (χ4v) is 1.43. The van der Waals surface area contributed by atoms with Crippen molar-refractivity contribution in [3.8, 4) is 0 Å². The van der Waals surface area contributed by atoms with Crippen LogP contribution in [0.3, 0.4) is 0 Å². The molecule has 0 aliphatic carbocycles. The molecule has 0 bridgehead atoms. The predicted octanol–water partition coefficient (Wildman–Crippen LogP) is 1.97. The molecule has 0 saturated carbocycles. The highest BCUT2D eigenvalue weighted by atomic mass is 32.2. The van der Waals surface area contributed by atoms with Crippen molar-refractivity contribution < 1.29 is 14.6 Å². The number of carbonyl (C=O) groups is 1. The van der Waals surface area contributed by atoms with E-state index in [0.29, 0.717) is 12.5 Å². The Balaban J connectivity index is 2.86. The number of carboxylic acid groups (broad SMARTS) is 1. The molecule has 0 unspecified atom stereocenters. The van der Waals surface area contributed by atoms with Gasteiger partial charge in [0.15, 0.2) is 0 Å². The van der Waals surface area contributed by atoms with Crippen molar-refractivity contribution in [1.29, 1.82) is 0 Å². The van der Waals surface area contributed by atoms with Gasteiger partial charge in [-0.15, -0.1) is 11.8 Å². The molecule has 0 spiro atoms. The van der Waals surface area contributed by atoms with Crippen LogP contribution in [0.5, 0.6) is 0 Å². The maximum Gasteiger partial charge on any atom is 0.305 e. The summed E-state index contributed by atoms with van der Waals surface area (Å²) in [6.07, 6.45) is 2.50. The molecule has 0 atom stereocenters. The van der Waals surface area contributed by atoms with Crippen LogP contribution in [-0.4, -0.2) is 29.4 Å². The van der Waals surface area contributed by atoms with Crippen LogP contribution >= 0.6 is 11.8 Å². The Morgan fingerprint density at radius 2 is 2.33 bits per heavy atom. The van der Waals surface area contributed by atoms with Crippen LogP contribution in [-0.2, 0) is 9.53 Å². The Morgan fingerprint density at radius 1 is 1.58 bits per heavy atom. The maximum absolute atomic E-state index is 10.0. The predicted molar refractivity (Wildman–Crippen MR) is 50.4 cm³/mol. The van der Waals surface area contributed by atoms with E-state index in [0.717, 1.165) is 5.75 Å². The average molecular weight is 192 g/mol. The Labute approximate surface area is 77.5 Å². The van der Waals surface area contributed by atoms with Crippen LogP contribution in [0.4, 0.5) is 0 Å². The zero-order chi connectivity index (χ0) is 9.23. The first-order valence-electron chi connectivity index (χ1n) is 4.14. The number of aliphatic carboxylic acids is 1. The van der Waals surface area contributed by atoms with Crippen LogP contribution in [0, 0.1) is 0 Å². The number of hydrogen-bond acceptors (Lipinski definition) is 3. The van der Waals surface area contributed by atoms with Crippen molar-refractivity contribution in [2.45, 2.75) is 26.2 Å². The van der Waals surface area contributed by atoms with E-state index in [1.165, 1.54) is 12.8 Å². The summed E-state index contributed by atoms with van der Waals surface area (Å²) in [5.74, 6) is 0.921. The molecular formula is C8H16O3S. The highest BCUT2D eigenvalue weighted by Crippen LogP contribution is 2.04. The SMILES string of the molecule is CCCCSCOCCC(=O)O. The molecule has 0 aromatic carbocycles. The van der Waals surface area contributed by atoms with Crippen LogP contribution in [0.25, 0.3) is 0 Å². The van der Waals surface area contributed by atoms with Crippen molar-refractivity contribution in [2.75, 3.05) is 18.3 Å². The van der Waals surface area contributed by atoms with Gasteiger partial charge in [-0.05, 0) is 12.2 Å². The summed E-state index contributed by atoms with van der Waals surface area (Å²) in [6, 6.07) is 0. The third kappa shape index (κ3) is 9.78. The standard InChI is InChI=1S/C8H16O3S/c1-2-3-6-12-7-11-5-4-8(9)10/h2-7H2,1H3,(H,9,10). The molecule has 0 aliphatic heterocycles. The summed E-state index contributed by atoms with van der Waals surface area (Å²) in [5.41, 5.74) is 0. The van der Waals surface area contributed by atoms with Crippen molar-refractivity contribution in [2.24, 2.45) is 0 Å². The summed E-state index contributed by atoms with van der Waals surface area (Å²) in [6.45, 7) is 2.47. The number of thioether (sulfide) groups is 1.